The van der Waals surface area contributed by atoms with E-state index >= 15 is 0 Å². The van der Waals surface area contributed by atoms with Crippen LogP contribution in [0.2, 0.25) is 0 Å². The van der Waals surface area contributed by atoms with Crippen LogP contribution in [0.3, 0.4) is 0 Å². The molecule has 1 aliphatic rings. The molecular formula is C13H19N3O3S. The van der Waals surface area contributed by atoms with Crippen molar-refractivity contribution in [2.24, 2.45) is 5.73 Å². The molecule has 0 atom stereocenters. The van der Waals surface area contributed by atoms with Gasteiger partial charge in [-0.15, -0.1) is 0 Å². The van der Waals surface area contributed by atoms with Gasteiger partial charge in [0.1, 0.15) is 0 Å². The lowest BCUT2D eigenvalue weighted by molar-refractivity contribution is -0.116. The SMILES string of the molecule is CC(=O)N1CCc2ccc(S(=O)(=O)N(C)CCN)cc21. The third kappa shape index (κ3) is 2.56. The lowest BCUT2D eigenvalue weighted by atomic mass is 10.2. The van der Waals surface area contributed by atoms with Gasteiger partial charge in [0.25, 0.3) is 0 Å². The number of benzene rings is 1. The van der Waals surface area contributed by atoms with Gasteiger partial charge < -0.3 is 10.6 Å². The number of nitrogens with zero attached hydrogens (tertiary/aromatic N) is 2. The molecule has 0 saturated carbocycles. The standard InChI is InChI=1S/C13H19N3O3S/c1-10(17)16-7-5-11-3-4-12(9-13(11)16)20(18,19)15(2)8-6-14/h3-4,9H,5-8,14H2,1-2H3. The number of carbonyl (C=O) groups excluding carboxylic acids is 1. The average Bonchev–Trinajstić information content (AvgIpc) is 2.81. The van der Waals surface area contributed by atoms with E-state index in [0.29, 0.717) is 12.2 Å². The van der Waals surface area contributed by atoms with E-state index in [2.05, 4.69) is 0 Å². The first-order valence-electron chi connectivity index (χ1n) is 6.45. The van der Waals surface area contributed by atoms with Gasteiger partial charge in [-0.2, -0.15) is 4.31 Å². The zero-order chi connectivity index (χ0) is 14.9. The van der Waals surface area contributed by atoms with Gasteiger partial charge in [-0.3, -0.25) is 4.79 Å². The fraction of sp³-hybridized carbons (Fsp3) is 0.462. The van der Waals surface area contributed by atoms with E-state index < -0.39 is 10.0 Å². The molecule has 0 saturated heterocycles. The van der Waals surface area contributed by atoms with Crippen molar-refractivity contribution in [2.45, 2.75) is 18.2 Å². The van der Waals surface area contributed by atoms with Crippen LogP contribution in [0.5, 0.6) is 0 Å². The number of hydrogen-bond donors (Lipinski definition) is 1. The van der Waals surface area contributed by atoms with Crippen molar-refractivity contribution in [3.8, 4) is 0 Å². The summed E-state index contributed by atoms with van der Waals surface area (Å²) in [5.74, 6) is -0.0754. The van der Waals surface area contributed by atoms with Crippen LogP contribution in [0.25, 0.3) is 0 Å². The molecular weight excluding hydrogens is 278 g/mol. The second-order valence-electron chi connectivity index (χ2n) is 4.83. The van der Waals surface area contributed by atoms with E-state index in [4.69, 9.17) is 5.73 Å². The number of hydrogen-bond acceptors (Lipinski definition) is 4. The molecule has 2 N–H and O–H groups in total. The first-order valence-corrected chi connectivity index (χ1v) is 7.89. The summed E-state index contributed by atoms with van der Waals surface area (Å²) in [5, 5.41) is 0. The maximum atomic E-state index is 12.4. The highest BCUT2D eigenvalue weighted by atomic mass is 32.2. The fourth-order valence-corrected chi connectivity index (χ4v) is 3.53. The summed E-state index contributed by atoms with van der Waals surface area (Å²) in [6.45, 7) is 2.61. The zero-order valence-electron chi connectivity index (χ0n) is 11.7. The number of anilines is 1. The first kappa shape index (κ1) is 15.0. The van der Waals surface area contributed by atoms with Gasteiger partial charge in [0.05, 0.1) is 4.90 Å². The number of fused-ring (bicyclic) bond motifs is 1. The Morgan fingerprint density at radius 2 is 2.15 bits per heavy atom. The molecule has 2 rings (SSSR count). The fourth-order valence-electron chi connectivity index (χ4n) is 2.33. The summed E-state index contributed by atoms with van der Waals surface area (Å²) >= 11 is 0. The Kier molecular flexibility index (Phi) is 4.12. The first-order chi connectivity index (χ1) is 9.37. The maximum absolute atomic E-state index is 12.4. The number of rotatable bonds is 4. The lowest BCUT2D eigenvalue weighted by Gasteiger charge is -2.19. The van der Waals surface area contributed by atoms with E-state index in [0.717, 1.165) is 12.0 Å². The third-order valence-corrected chi connectivity index (χ3v) is 5.34. The van der Waals surface area contributed by atoms with Crippen molar-refractivity contribution < 1.29 is 13.2 Å². The molecule has 1 amide bonds. The predicted octanol–water partition coefficient (Wildman–Crippen LogP) is 0.175. The molecule has 0 aliphatic carbocycles. The van der Waals surface area contributed by atoms with E-state index in [1.165, 1.54) is 18.3 Å². The quantitative estimate of drug-likeness (QED) is 0.859. The highest BCUT2D eigenvalue weighted by Crippen LogP contribution is 2.31. The van der Waals surface area contributed by atoms with Gasteiger partial charge in [-0.05, 0) is 24.1 Å². The van der Waals surface area contributed by atoms with E-state index in [1.807, 2.05) is 0 Å². The van der Waals surface area contributed by atoms with Gasteiger partial charge in [-0.25, -0.2) is 8.42 Å². The summed E-state index contributed by atoms with van der Waals surface area (Å²) < 4.78 is 26.0. The topological polar surface area (TPSA) is 83.7 Å². The smallest absolute Gasteiger partial charge is 0.242 e. The second kappa shape index (κ2) is 5.51. The molecule has 0 spiro atoms. The van der Waals surface area contributed by atoms with Gasteiger partial charge in [0, 0.05) is 39.3 Å². The van der Waals surface area contributed by atoms with E-state index in [9.17, 15) is 13.2 Å². The lowest BCUT2D eigenvalue weighted by Crippen LogP contribution is -2.32. The molecule has 6 nitrogen and oxygen atoms in total. The molecule has 1 aliphatic heterocycles. The predicted molar refractivity (Wildman–Crippen MR) is 77.0 cm³/mol. The minimum atomic E-state index is -3.56. The van der Waals surface area contributed by atoms with Crippen molar-refractivity contribution in [3.05, 3.63) is 23.8 Å². The highest BCUT2D eigenvalue weighted by molar-refractivity contribution is 7.89. The van der Waals surface area contributed by atoms with Crippen molar-refractivity contribution >= 4 is 21.6 Å². The Hall–Kier alpha value is -1.44. The van der Waals surface area contributed by atoms with Crippen molar-refractivity contribution in [1.82, 2.24) is 4.31 Å². The maximum Gasteiger partial charge on any atom is 0.242 e. The Labute approximate surface area is 119 Å². The third-order valence-electron chi connectivity index (χ3n) is 3.48. The highest BCUT2D eigenvalue weighted by Gasteiger charge is 2.26. The summed E-state index contributed by atoms with van der Waals surface area (Å²) in [6, 6.07) is 4.94. The van der Waals surface area contributed by atoms with Crippen LogP contribution in [0.1, 0.15) is 12.5 Å². The Morgan fingerprint density at radius 3 is 2.75 bits per heavy atom. The van der Waals surface area contributed by atoms with Crippen LogP contribution in [0.4, 0.5) is 5.69 Å². The van der Waals surface area contributed by atoms with Gasteiger partial charge in [-0.1, -0.05) is 6.07 Å². The molecule has 0 unspecified atom stereocenters. The van der Waals surface area contributed by atoms with Crippen LogP contribution in [-0.2, 0) is 21.2 Å². The number of likely N-dealkylation sites (N-methyl/N-ethyl adjacent to an activating group) is 1. The van der Waals surface area contributed by atoms with Gasteiger partial charge >= 0.3 is 0 Å². The molecule has 1 heterocycles. The van der Waals surface area contributed by atoms with Crippen LogP contribution < -0.4 is 10.6 Å². The van der Waals surface area contributed by atoms with E-state index in [1.54, 1.807) is 23.1 Å². The minimum Gasteiger partial charge on any atom is -0.329 e. The molecule has 20 heavy (non-hydrogen) atoms. The molecule has 0 aromatic heterocycles. The Balaban J connectivity index is 2.41. The van der Waals surface area contributed by atoms with Crippen LogP contribution in [0, 0.1) is 0 Å². The van der Waals surface area contributed by atoms with Crippen LogP contribution in [-0.4, -0.2) is 45.3 Å². The molecule has 1 aromatic rings. The summed E-state index contributed by atoms with van der Waals surface area (Å²) in [7, 11) is -2.06. The second-order valence-corrected chi connectivity index (χ2v) is 6.87. The zero-order valence-corrected chi connectivity index (χ0v) is 12.5. The number of nitrogens with two attached hydrogens (primary N) is 1. The Bertz CT molecular complexity index is 628. The van der Waals surface area contributed by atoms with Crippen molar-refractivity contribution in [3.63, 3.8) is 0 Å². The minimum absolute atomic E-state index is 0.0754. The summed E-state index contributed by atoms with van der Waals surface area (Å²) in [4.78, 5) is 13.4. The normalized spacial score (nSPS) is 14.7. The summed E-state index contributed by atoms with van der Waals surface area (Å²) in [6.07, 6.45) is 0.758. The van der Waals surface area contributed by atoms with E-state index in [-0.39, 0.29) is 23.9 Å². The largest absolute Gasteiger partial charge is 0.329 e. The molecule has 1 aromatic carbocycles. The molecule has 0 fully saturated rings. The van der Waals surface area contributed by atoms with Gasteiger partial charge in [0.2, 0.25) is 15.9 Å². The summed E-state index contributed by atoms with van der Waals surface area (Å²) in [5.41, 5.74) is 7.09. The molecule has 7 heteroatoms. The van der Waals surface area contributed by atoms with Crippen LogP contribution in [0.15, 0.2) is 23.1 Å². The van der Waals surface area contributed by atoms with Gasteiger partial charge in [0.15, 0.2) is 0 Å². The number of sulfonamides is 1. The molecule has 0 bridgehead atoms. The molecule has 0 radical (unpaired) electrons. The van der Waals surface area contributed by atoms with Crippen LogP contribution >= 0.6 is 0 Å². The molecule has 110 valence electrons. The monoisotopic (exact) mass is 297 g/mol. The Morgan fingerprint density at radius 1 is 1.45 bits per heavy atom. The van der Waals surface area contributed by atoms with Crippen molar-refractivity contribution in [2.75, 3.05) is 31.6 Å². The number of carbonyl (C=O) groups is 1. The number of amides is 1. The average molecular weight is 297 g/mol. The van der Waals surface area contributed by atoms with Crippen molar-refractivity contribution in [1.29, 1.82) is 0 Å².